The monoisotopic (exact) mass is 233 g/mol. The van der Waals surface area contributed by atoms with Gasteiger partial charge in [0.15, 0.2) is 6.61 Å². The highest BCUT2D eigenvalue weighted by Crippen LogP contribution is 2.13. The molecule has 0 spiro atoms. The number of aromatic nitrogens is 3. The highest BCUT2D eigenvalue weighted by atomic mass is 19.3. The topological polar surface area (TPSA) is 63.2 Å². The molecule has 0 aliphatic heterocycles. The molecule has 1 N–H and O–H groups in total. The molecule has 0 aliphatic rings. The zero-order chi connectivity index (χ0) is 12.1. The van der Waals surface area contributed by atoms with Gasteiger partial charge in [-0.15, -0.1) is 0 Å². The Morgan fingerprint density at radius 1 is 1.31 bits per heavy atom. The highest BCUT2D eigenvalue weighted by Gasteiger charge is 2.10. The summed E-state index contributed by atoms with van der Waals surface area (Å²) < 4.78 is 28.6. The van der Waals surface area contributed by atoms with Crippen LogP contribution in [-0.2, 0) is 0 Å². The largest absolute Gasteiger partial charge is 0.457 e. The normalized spacial score (nSPS) is 10.4. The van der Waals surface area contributed by atoms with E-state index in [4.69, 9.17) is 4.74 Å². The van der Waals surface area contributed by atoms with E-state index in [0.29, 0.717) is 5.95 Å². The van der Waals surface area contributed by atoms with Crippen LogP contribution in [0.4, 0.5) is 20.7 Å². The quantitative estimate of drug-likeness (QED) is 0.804. The molecule has 90 valence electrons. The lowest BCUT2D eigenvalue weighted by Gasteiger charge is -2.12. The van der Waals surface area contributed by atoms with Crippen molar-refractivity contribution in [1.29, 1.82) is 0 Å². The van der Waals surface area contributed by atoms with Gasteiger partial charge in [0.2, 0.25) is 11.9 Å². The minimum absolute atomic E-state index is 0.122. The summed E-state index contributed by atoms with van der Waals surface area (Å²) in [6, 6.07) is -0.122. The third-order valence-corrected chi connectivity index (χ3v) is 1.57. The summed E-state index contributed by atoms with van der Waals surface area (Å²) in [6.45, 7) is -0.736. The number of ether oxygens (including phenoxy) is 1. The maximum absolute atomic E-state index is 11.9. The summed E-state index contributed by atoms with van der Waals surface area (Å²) in [5.41, 5.74) is 0. The van der Waals surface area contributed by atoms with Crippen LogP contribution in [0.5, 0.6) is 6.01 Å². The molecule has 16 heavy (non-hydrogen) atoms. The van der Waals surface area contributed by atoms with E-state index < -0.39 is 13.0 Å². The van der Waals surface area contributed by atoms with Gasteiger partial charge in [-0.25, -0.2) is 8.78 Å². The van der Waals surface area contributed by atoms with Gasteiger partial charge in [0, 0.05) is 21.1 Å². The molecule has 1 aromatic rings. The number of hydrogen-bond acceptors (Lipinski definition) is 6. The standard InChI is InChI=1S/C8H13F2N5O/c1-11-6-12-7(15(2)3)14-8(13-6)16-4-5(9)10/h5H,4H2,1-3H3,(H,11,12,13,14). The van der Waals surface area contributed by atoms with Crippen molar-refractivity contribution in [3.63, 3.8) is 0 Å². The molecular formula is C8H13F2N5O. The van der Waals surface area contributed by atoms with Crippen molar-refractivity contribution in [3.05, 3.63) is 0 Å². The Morgan fingerprint density at radius 3 is 2.50 bits per heavy atom. The molecule has 0 unspecified atom stereocenters. The third-order valence-electron chi connectivity index (χ3n) is 1.57. The van der Waals surface area contributed by atoms with Gasteiger partial charge in [0.1, 0.15) is 0 Å². The fourth-order valence-corrected chi connectivity index (χ4v) is 0.860. The first-order valence-corrected chi connectivity index (χ1v) is 4.55. The Balaban J connectivity index is 2.86. The van der Waals surface area contributed by atoms with Crippen molar-refractivity contribution >= 4 is 11.9 Å². The smallest absolute Gasteiger partial charge is 0.323 e. The Morgan fingerprint density at radius 2 is 2.00 bits per heavy atom. The SMILES string of the molecule is CNc1nc(OCC(F)F)nc(N(C)C)n1. The van der Waals surface area contributed by atoms with E-state index in [0.717, 1.165) is 0 Å². The molecule has 0 radical (unpaired) electrons. The molecule has 1 rings (SSSR count). The molecule has 6 nitrogen and oxygen atoms in total. The summed E-state index contributed by atoms with van der Waals surface area (Å²) in [5, 5.41) is 2.69. The predicted octanol–water partition coefficient (Wildman–Crippen LogP) is 0.623. The van der Waals surface area contributed by atoms with Gasteiger partial charge in [-0.05, 0) is 0 Å². The Labute approximate surface area is 91.7 Å². The van der Waals surface area contributed by atoms with Crippen molar-refractivity contribution in [1.82, 2.24) is 15.0 Å². The Kier molecular flexibility index (Phi) is 4.15. The molecule has 8 heteroatoms. The first-order chi connectivity index (χ1) is 7.52. The second kappa shape index (κ2) is 5.38. The van der Waals surface area contributed by atoms with E-state index >= 15 is 0 Å². The van der Waals surface area contributed by atoms with Crippen LogP contribution in [0.3, 0.4) is 0 Å². The van der Waals surface area contributed by atoms with E-state index in [-0.39, 0.29) is 12.0 Å². The second-order valence-corrected chi connectivity index (χ2v) is 3.09. The summed E-state index contributed by atoms with van der Waals surface area (Å²) in [5.74, 6) is 0.603. The van der Waals surface area contributed by atoms with Crippen LogP contribution < -0.4 is 15.0 Å². The first-order valence-electron chi connectivity index (χ1n) is 4.55. The van der Waals surface area contributed by atoms with Crippen LogP contribution in [-0.4, -0.2) is 49.1 Å². The number of rotatable bonds is 5. The van der Waals surface area contributed by atoms with Crippen molar-refractivity contribution in [2.24, 2.45) is 0 Å². The number of halogens is 2. The van der Waals surface area contributed by atoms with Crippen LogP contribution in [0, 0.1) is 0 Å². The molecule has 0 bridgehead atoms. The summed E-state index contributed by atoms with van der Waals surface area (Å²) >= 11 is 0. The molecule has 0 aromatic carbocycles. The van der Waals surface area contributed by atoms with Gasteiger partial charge in [0.05, 0.1) is 0 Å². The molecule has 0 aliphatic carbocycles. The van der Waals surface area contributed by atoms with E-state index in [9.17, 15) is 8.78 Å². The van der Waals surface area contributed by atoms with Crippen molar-refractivity contribution in [2.45, 2.75) is 6.43 Å². The van der Waals surface area contributed by atoms with E-state index in [1.165, 1.54) is 0 Å². The minimum Gasteiger partial charge on any atom is -0.457 e. The molecule has 0 atom stereocenters. The van der Waals surface area contributed by atoms with Crippen LogP contribution in [0.25, 0.3) is 0 Å². The molecule has 0 amide bonds. The maximum Gasteiger partial charge on any atom is 0.323 e. The third kappa shape index (κ3) is 3.44. The number of anilines is 2. The van der Waals surface area contributed by atoms with Crippen LogP contribution >= 0.6 is 0 Å². The van der Waals surface area contributed by atoms with Crippen molar-refractivity contribution in [2.75, 3.05) is 38.0 Å². The van der Waals surface area contributed by atoms with Crippen molar-refractivity contribution < 1.29 is 13.5 Å². The number of hydrogen-bond donors (Lipinski definition) is 1. The average molecular weight is 233 g/mol. The number of nitrogens with zero attached hydrogens (tertiary/aromatic N) is 4. The predicted molar refractivity (Wildman–Crippen MR) is 55.2 cm³/mol. The lowest BCUT2D eigenvalue weighted by atomic mass is 10.7. The lowest BCUT2D eigenvalue weighted by molar-refractivity contribution is 0.0770. The summed E-state index contributed by atoms with van der Waals surface area (Å²) in [4.78, 5) is 13.3. The maximum atomic E-state index is 11.9. The molecule has 0 saturated carbocycles. The van der Waals surface area contributed by atoms with Gasteiger partial charge < -0.3 is 15.0 Å². The first kappa shape index (κ1) is 12.3. The molecule has 0 saturated heterocycles. The Bertz CT molecular complexity index is 347. The fourth-order valence-electron chi connectivity index (χ4n) is 0.860. The van der Waals surface area contributed by atoms with E-state index in [1.807, 2.05) is 0 Å². The number of alkyl halides is 2. The Hall–Kier alpha value is -1.73. The minimum atomic E-state index is -2.56. The lowest BCUT2D eigenvalue weighted by Crippen LogP contribution is -2.16. The summed E-state index contributed by atoms with van der Waals surface area (Å²) in [6.07, 6.45) is -2.56. The second-order valence-electron chi connectivity index (χ2n) is 3.09. The molecule has 1 heterocycles. The van der Waals surface area contributed by atoms with Gasteiger partial charge in [-0.3, -0.25) is 0 Å². The van der Waals surface area contributed by atoms with Crippen LogP contribution in [0.1, 0.15) is 0 Å². The van der Waals surface area contributed by atoms with Crippen molar-refractivity contribution in [3.8, 4) is 6.01 Å². The highest BCUT2D eigenvalue weighted by molar-refractivity contribution is 5.36. The zero-order valence-corrected chi connectivity index (χ0v) is 9.24. The molecule has 0 fully saturated rings. The fraction of sp³-hybridized carbons (Fsp3) is 0.625. The van der Waals surface area contributed by atoms with Gasteiger partial charge >= 0.3 is 6.01 Å². The van der Waals surface area contributed by atoms with Gasteiger partial charge in [0.25, 0.3) is 6.43 Å². The average Bonchev–Trinajstić information content (AvgIpc) is 2.25. The van der Waals surface area contributed by atoms with Gasteiger partial charge in [-0.2, -0.15) is 15.0 Å². The van der Waals surface area contributed by atoms with E-state index in [1.54, 1.807) is 26.0 Å². The van der Waals surface area contributed by atoms with Crippen LogP contribution in [0.2, 0.25) is 0 Å². The van der Waals surface area contributed by atoms with Gasteiger partial charge in [-0.1, -0.05) is 0 Å². The zero-order valence-electron chi connectivity index (χ0n) is 9.24. The molecular weight excluding hydrogens is 220 g/mol. The summed E-state index contributed by atoms with van der Waals surface area (Å²) in [7, 11) is 5.07. The molecule has 1 aromatic heterocycles. The van der Waals surface area contributed by atoms with E-state index in [2.05, 4.69) is 20.3 Å². The van der Waals surface area contributed by atoms with Crippen LogP contribution in [0.15, 0.2) is 0 Å². The number of nitrogens with one attached hydrogen (secondary N) is 1.